The zero-order chi connectivity index (χ0) is 6.85. The first-order chi connectivity index (χ1) is 4.18. The summed E-state index contributed by atoms with van der Waals surface area (Å²) in [4.78, 5) is 0. The summed E-state index contributed by atoms with van der Waals surface area (Å²) in [5, 5.41) is 0. The Morgan fingerprint density at radius 2 is 0.889 bits per heavy atom. The molecule has 0 heteroatoms. The number of hydrogen-bond acceptors (Lipinski definition) is 0. The lowest BCUT2D eigenvalue weighted by molar-refractivity contribution is 1.32. The van der Waals surface area contributed by atoms with Gasteiger partial charge >= 0.3 is 0 Å². The van der Waals surface area contributed by atoms with Gasteiger partial charge in [-0.1, -0.05) is 34.9 Å². The predicted octanol–water partition coefficient (Wildman–Crippen LogP) is 2.61. The van der Waals surface area contributed by atoms with Gasteiger partial charge in [0.2, 0.25) is 0 Å². The molecule has 1 aromatic carbocycles. The first kappa shape index (κ1) is 6.34. The molecule has 0 N–H and O–H groups in total. The molecular formula is C9H12. The molecule has 0 nitrogen and oxygen atoms in total. The summed E-state index contributed by atoms with van der Waals surface area (Å²) in [6, 6.07) is 6.56. The monoisotopic (exact) mass is 123 g/mol. The van der Waals surface area contributed by atoms with Crippen LogP contribution in [0, 0.1) is 20.8 Å². The summed E-state index contributed by atoms with van der Waals surface area (Å²) in [6.45, 7) is 6.38. The van der Waals surface area contributed by atoms with Crippen LogP contribution in [0.25, 0.3) is 0 Å². The van der Waals surface area contributed by atoms with Gasteiger partial charge in [0.05, 0.1) is 0 Å². The summed E-state index contributed by atoms with van der Waals surface area (Å²) < 4.78 is 0. The van der Waals surface area contributed by atoms with Crippen LogP contribution in [0.15, 0.2) is 18.2 Å². The molecule has 0 aromatic heterocycles. The Balaban J connectivity index is 3.17. The van der Waals surface area contributed by atoms with Crippen LogP contribution in [-0.4, -0.2) is 0 Å². The lowest BCUT2D eigenvalue weighted by atomic mass is 10.2. The molecule has 0 atom stereocenters. The maximum atomic E-state index is 2.19. The quantitative estimate of drug-likeness (QED) is 0.465. The average Bonchev–Trinajstić information content (AvgIpc) is 1.59. The van der Waals surface area contributed by atoms with Gasteiger partial charge < -0.3 is 0 Å². The fourth-order valence-electron chi connectivity index (χ4n) is 1.20. The highest BCUT2D eigenvalue weighted by Crippen LogP contribution is 2.06. The minimum atomic E-state index is 1.35. The van der Waals surface area contributed by atoms with Crippen molar-refractivity contribution in [1.29, 1.82) is 0 Å². The van der Waals surface area contributed by atoms with Crippen molar-refractivity contribution >= 4 is 0 Å². The van der Waals surface area contributed by atoms with Crippen molar-refractivity contribution in [2.24, 2.45) is 0 Å². The van der Waals surface area contributed by atoms with Crippen LogP contribution in [0.2, 0.25) is 0 Å². The topological polar surface area (TPSA) is 0 Å². The Morgan fingerprint density at radius 1 is 0.667 bits per heavy atom. The van der Waals surface area contributed by atoms with E-state index in [9.17, 15) is 0 Å². The van der Waals surface area contributed by atoms with E-state index in [0.29, 0.717) is 0 Å². The Hall–Kier alpha value is -0.780. The van der Waals surface area contributed by atoms with Crippen LogP contribution in [0.3, 0.4) is 0 Å². The van der Waals surface area contributed by atoms with Gasteiger partial charge in [-0.3, -0.25) is 0 Å². The number of hydrogen-bond donors (Lipinski definition) is 0. The summed E-state index contributed by atoms with van der Waals surface area (Å²) in [5.41, 5.74) is 4.06. The van der Waals surface area contributed by atoms with Crippen molar-refractivity contribution in [3.05, 3.63) is 34.9 Å². The van der Waals surface area contributed by atoms with Gasteiger partial charge in [0, 0.05) is 0 Å². The maximum absolute atomic E-state index is 2.19. The van der Waals surface area contributed by atoms with Crippen molar-refractivity contribution in [3.8, 4) is 0 Å². The molecule has 0 unspecified atom stereocenters. The van der Waals surface area contributed by atoms with Gasteiger partial charge in [0.1, 0.15) is 0 Å². The van der Waals surface area contributed by atoms with E-state index in [4.69, 9.17) is 0 Å². The van der Waals surface area contributed by atoms with E-state index >= 15 is 0 Å². The van der Waals surface area contributed by atoms with Crippen molar-refractivity contribution in [2.75, 3.05) is 0 Å². The third-order valence-corrected chi connectivity index (χ3v) is 1.37. The van der Waals surface area contributed by atoms with Crippen molar-refractivity contribution in [1.82, 2.24) is 0 Å². The van der Waals surface area contributed by atoms with E-state index in [1.165, 1.54) is 16.7 Å². The molecule has 0 spiro atoms. The molecule has 1 aromatic rings. The van der Waals surface area contributed by atoms with Gasteiger partial charge in [0.25, 0.3) is 0 Å². The van der Waals surface area contributed by atoms with Crippen LogP contribution in [0.1, 0.15) is 16.7 Å². The van der Waals surface area contributed by atoms with Crippen LogP contribution in [0.5, 0.6) is 0 Å². The molecule has 0 aliphatic carbocycles. The highest BCUT2D eigenvalue weighted by atomic mass is 14.1. The van der Waals surface area contributed by atoms with Crippen LogP contribution in [0.4, 0.5) is 0 Å². The minimum absolute atomic E-state index is 1.35. The summed E-state index contributed by atoms with van der Waals surface area (Å²) in [7, 11) is 0. The summed E-state index contributed by atoms with van der Waals surface area (Å²) in [5.74, 6) is 0. The maximum Gasteiger partial charge on any atom is -0.0398 e. The normalized spacial score (nSPS) is 9.67. The Kier molecular flexibility index (Phi) is 1.56. The smallest absolute Gasteiger partial charge is 0.0398 e. The molecule has 0 saturated heterocycles. The van der Waals surface area contributed by atoms with Crippen LogP contribution in [-0.2, 0) is 0 Å². The number of rotatable bonds is 0. The predicted molar refractivity (Wildman–Crippen MR) is 40.7 cm³/mol. The molecule has 0 radical (unpaired) electrons. The van der Waals surface area contributed by atoms with E-state index in [-0.39, 0.29) is 0 Å². The van der Waals surface area contributed by atoms with E-state index in [0.717, 1.165) is 0 Å². The number of aryl methyl sites for hydroxylation is 3. The minimum Gasteiger partial charge on any atom is -0.0564 e. The lowest BCUT2D eigenvalue weighted by Gasteiger charge is -1.96. The van der Waals surface area contributed by atoms with Crippen LogP contribution < -0.4 is 0 Å². The largest absolute Gasteiger partial charge is 0.0564 e. The SMILES string of the molecule is [13CH3]c1cc([13CH3])cc([13CH3])c1. The Bertz CT molecular complexity index is 161. The van der Waals surface area contributed by atoms with Gasteiger partial charge in [-0.25, -0.2) is 0 Å². The molecule has 0 aliphatic heterocycles. The summed E-state index contributed by atoms with van der Waals surface area (Å²) in [6.07, 6.45) is 0. The standard InChI is InChI=1S/C9H12/c1-7-4-8(2)6-9(3)5-7/h4-6H,1-3H3/i1+1,2+1,3+1. The fourth-order valence-corrected chi connectivity index (χ4v) is 1.20. The first-order valence-corrected chi connectivity index (χ1v) is 3.23. The van der Waals surface area contributed by atoms with Crippen LogP contribution >= 0.6 is 0 Å². The molecule has 1 rings (SSSR count). The second-order valence-corrected chi connectivity index (χ2v) is 2.67. The van der Waals surface area contributed by atoms with Gasteiger partial charge in [-0.15, -0.1) is 0 Å². The molecule has 0 heterocycles. The zero-order valence-corrected chi connectivity index (χ0v) is 6.23. The fraction of sp³-hybridized carbons (Fsp3) is 0.333. The van der Waals surface area contributed by atoms with E-state index in [1.807, 2.05) is 0 Å². The molecule has 0 bridgehead atoms. The average molecular weight is 123 g/mol. The van der Waals surface area contributed by atoms with Crippen molar-refractivity contribution < 1.29 is 0 Å². The van der Waals surface area contributed by atoms with Gasteiger partial charge in [0.15, 0.2) is 0 Å². The second-order valence-electron chi connectivity index (χ2n) is 2.67. The third kappa shape index (κ3) is 1.56. The van der Waals surface area contributed by atoms with E-state index < -0.39 is 0 Å². The third-order valence-electron chi connectivity index (χ3n) is 1.37. The molecule has 0 saturated carbocycles. The highest BCUT2D eigenvalue weighted by molar-refractivity contribution is 5.27. The molecular weight excluding hydrogens is 111 g/mol. The lowest BCUT2D eigenvalue weighted by Crippen LogP contribution is -1.78. The molecule has 9 heavy (non-hydrogen) atoms. The Morgan fingerprint density at radius 3 is 1.11 bits per heavy atom. The molecule has 0 fully saturated rings. The van der Waals surface area contributed by atoms with Gasteiger partial charge in [-0.05, 0) is 20.8 Å². The highest BCUT2D eigenvalue weighted by Gasteiger charge is 1.87. The first-order valence-electron chi connectivity index (χ1n) is 3.23. The molecule has 0 aliphatic rings. The summed E-state index contributed by atoms with van der Waals surface area (Å²) >= 11 is 0. The molecule has 48 valence electrons. The van der Waals surface area contributed by atoms with Crippen molar-refractivity contribution in [3.63, 3.8) is 0 Å². The van der Waals surface area contributed by atoms with Gasteiger partial charge in [-0.2, -0.15) is 0 Å². The number of benzene rings is 1. The van der Waals surface area contributed by atoms with E-state index in [2.05, 4.69) is 39.0 Å². The molecule has 0 amide bonds. The second kappa shape index (κ2) is 2.22. The van der Waals surface area contributed by atoms with Crippen molar-refractivity contribution in [2.45, 2.75) is 20.8 Å². The Labute approximate surface area is 56.5 Å². The zero-order valence-electron chi connectivity index (χ0n) is 6.23. The van der Waals surface area contributed by atoms with E-state index in [1.54, 1.807) is 0 Å².